The molecule has 1 heterocycles. The molecule has 2 bridgehead atoms. The van der Waals surface area contributed by atoms with E-state index in [9.17, 15) is 19.2 Å². The molecule has 3 amide bonds. The fourth-order valence-electron chi connectivity index (χ4n) is 5.72. The third-order valence-corrected chi connectivity index (χ3v) is 7.30. The minimum Gasteiger partial charge on any atom is -0.497 e. The van der Waals surface area contributed by atoms with Crippen molar-refractivity contribution in [3.8, 4) is 11.5 Å². The Balaban J connectivity index is 1.20. The van der Waals surface area contributed by atoms with Crippen LogP contribution in [0.2, 0.25) is 0 Å². The maximum atomic E-state index is 13.0. The third-order valence-electron chi connectivity index (χ3n) is 7.30. The number of carbonyl (C=O) groups excluding carboxylic acids is 4. The highest BCUT2D eigenvalue weighted by atomic mass is 16.5. The van der Waals surface area contributed by atoms with Gasteiger partial charge in [0.1, 0.15) is 11.5 Å². The van der Waals surface area contributed by atoms with Gasteiger partial charge in [-0.05, 0) is 67.5 Å². The lowest BCUT2D eigenvalue weighted by Crippen LogP contribution is -2.32. The molecule has 0 spiro atoms. The summed E-state index contributed by atoms with van der Waals surface area (Å²) in [5, 5.41) is 2.63. The second kappa shape index (κ2) is 9.05. The van der Waals surface area contributed by atoms with Crippen LogP contribution in [-0.4, -0.2) is 44.5 Å². The Morgan fingerprint density at radius 2 is 1.60 bits per heavy atom. The summed E-state index contributed by atoms with van der Waals surface area (Å²) in [5.41, 5.74) is 1.04. The number of carbonyl (C=O) groups is 4. The van der Waals surface area contributed by atoms with E-state index >= 15 is 0 Å². The largest absolute Gasteiger partial charge is 0.497 e. The average Bonchev–Trinajstić information content (AvgIpc) is 3.56. The number of ether oxygens (including phenoxy) is 3. The molecule has 0 aromatic heterocycles. The molecular formula is C26H26N2O7. The van der Waals surface area contributed by atoms with Gasteiger partial charge in [-0.3, -0.25) is 19.3 Å². The lowest BCUT2D eigenvalue weighted by Gasteiger charge is -2.19. The summed E-state index contributed by atoms with van der Waals surface area (Å²) in [7, 11) is 2.98. The summed E-state index contributed by atoms with van der Waals surface area (Å²) in [5.74, 6) is -0.324. The van der Waals surface area contributed by atoms with E-state index in [0.717, 1.165) is 19.3 Å². The van der Waals surface area contributed by atoms with Gasteiger partial charge in [0.2, 0.25) is 11.8 Å². The molecular weight excluding hydrogens is 452 g/mol. The lowest BCUT2D eigenvalue weighted by atomic mass is 9.81. The highest BCUT2D eigenvalue weighted by Gasteiger charge is 2.61. The summed E-state index contributed by atoms with van der Waals surface area (Å²) in [6.45, 7) is -0.504. The van der Waals surface area contributed by atoms with E-state index in [1.165, 1.54) is 31.3 Å². The van der Waals surface area contributed by atoms with Crippen molar-refractivity contribution < 1.29 is 33.4 Å². The molecule has 35 heavy (non-hydrogen) atoms. The van der Waals surface area contributed by atoms with E-state index in [1.807, 2.05) is 0 Å². The maximum absolute atomic E-state index is 13.0. The molecule has 2 aromatic carbocycles. The van der Waals surface area contributed by atoms with Crippen molar-refractivity contribution >= 4 is 35.1 Å². The SMILES string of the molecule is COc1ccc(OC)c(NC(=O)COC(=O)c2ccc(N3C(=O)[C@@H]4[C@H]5CC[C@@H](C5)[C@H]4C3=O)cc2)c1. The summed E-state index contributed by atoms with van der Waals surface area (Å²) in [6.07, 6.45) is 3.01. The first kappa shape index (κ1) is 22.9. The highest BCUT2D eigenvalue weighted by Crippen LogP contribution is 2.56. The molecule has 1 saturated heterocycles. The number of amides is 3. The van der Waals surface area contributed by atoms with Gasteiger partial charge in [0.25, 0.3) is 5.91 Å². The number of hydrogen-bond acceptors (Lipinski definition) is 7. The molecule has 9 nitrogen and oxygen atoms in total. The standard InChI is InChI=1S/C26H26N2O7/c1-33-18-9-10-20(34-2)19(12-18)27-21(29)13-35-26(32)14-5-7-17(8-6-14)28-24(30)22-15-3-4-16(11-15)23(22)25(28)31/h5-10,12,15-16,22-23H,3-4,11,13H2,1-2H3,(H,27,29)/t15-,16-,22+,23+/m0/s1. The molecule has 4 atom stereocenters. The van der Waals surface area contributed by atoms with E-state index in [1.54, 1.807) is 30.3 Å². The number of benzene rings is 2. The molecule has 3 aliphatic rings. The van der Waals surface area contributed by atoms with Crippen molar-refractivity contribution in [1.82, 2.24) is 0 Å². The van der Waals surface area contributed by atoms with Crippen LogP contribution in [0.4, 0.5) is 11.4 Å². The Bertz CT molecular complexity index is 1160. The lowest BCUT2D eigenvalue weighted by molar-refractivity contribution is -0.123. The van der Waals surface area contributed by atoms with Crippen LogP contribution in [0.25, 0.3) is 0 Å². The van der Waals surface area contributed by atoms with Crippen LogP contribution in [0.3, 0.4) is 0 Å². The van der Waals surface area contributed by atoms with Crippen molar-refractivity contribution in [2.45, 2.75) is 19.3 Å². The van der Waals surface area contributed by atoms with Crippen LogP contribution in [0.15, 0.2) is 42.5 Å². The Kier molecular flexibility index (Phi) is 5.92. The van der Waals surface area contributed by atoms with Crippen LogP contribution in [-0.2, 0) is 19.1 Å². The van der Waals surface area contributed by atoms with Crippen molar-refractivity contribution in [2.24, 2.45) is 23.7 Å². The van der Waals surface area contributed by atoms with Crippen LogP contribution < -0.4 is 19.7 Å². The molecule has 2 aromatic rings. The Hall–Kier alpha value is -3.88. The number of imide groups is 1. The molecule has 0 unspecified atom stereocenters. The van der Waals surface area contributed by atoms with Gasteiger partial charge in [0, 0.05) is 6.07 Å². The second-order valence-electron chi connectivity index (χ2n) is 9.13. The second-order valence-corrected chi connectivity index (χ2v) is 9.13. The zero-order valence-electron chi connectivity index (χ0n) is 19.5. The van der Waals surface area contributed by atoms with Gasteiger partial charge in [-0.1, -0.05) is 0 Å². The molecule has 1 N–H and O–H groups in total. The number of anilines is 2. The molecule has 9 heteroatoms. The summed E-state index contributed by atoms with van der Waals surface area (Å²) < 4.78 is 15.5. The van der Waals surface area contributed by atoms with Gasteiger partial charge in [-0.25, -0.2) is 4.79 Å². The fraction of sp³-hybridized carbons (Fsp3) is 0.385. The highest BCUT2D eigenvalue weighted by molar-refractivity contribution is 6.22. The van der Waals surface area contributed by atoms with Crippen molar-refractivity contribution in [3.05, 3.63) is 48.0 Å². The van der Waals surface area contributed by atoms with E-state index in [0.29, 0.717) is 34.7 Å². The molecule has 2 aliphatic carbocycles. The zero-order valence-corrected chi connectivity index (χ0v) is 19.5. The van der Waals surface area contributed by atoms with Gasteiger partial charge in [-0.2, -0.15) is 0 Å². The van der Waals surface area contributed by atoms with E-state index in [-0.39, 0.29) is 29.2 Å². The van der Waals surface area contributed by atoms with Gasteiger partial charge < -0.3 is 19.5 Å². The van der Waals surface area contributed by atoms with E-state index in [4.69, 9.17) is 14.2 Å². The summed E-state index contributed by atoms with van der Waals surface area (Å²) in [4.78, 5) is 52.0. The number of fused-ring (bicyclic) bond motifs is 5. The predicted molar refractivity (Wildman–Crippen MR) is 125 cm³/mol. The Labute approximate surface area is 202 Å². The molecule has 0 radical (unpaired) electrons. The van der Waals surface area contributed by atoms with E-state index in [2.05, 4.69) is 5.32 Å². The predicted octanol–water partition coefficient (Wildman–Crippen LogP) is 3.03. The van der Waals surface area contributed by atoms with Crippen molar-refractivity contribution in [3.63, 3.8) is 0 Å². The van der Waals surface area contributed by atoms with Crippen LogP contribution in [0.1, 0.15) is 29.6 Å². The van der Waals surface area contributed by atoms with E-state index < -0.39 is 18.5 Å². The zero-order chi connectivity index (χ0) is 24.7. The Morgan fingerprint density at radius 3 is 2.20 bits per heavy atom. The molecule has 182 valence electrons. The third kappa shape index (κ3) is 4.00. The van der Waals surface area contributed by atoms with Crippen molar-refractivity contribution in [2.75, 3.05) is 31.0 Å². The van der Waals surface area contributed by atoms with Gasteiger partial charge in [0.05, 0.1) is 43.0 Å². The Morgan fingerprint density at radius 1 is 0.943 bits per heavy atom. The summed E-state index contributed by atoms with van der Waals surface area (Å²) in [6, 6.07) is 11.0. The number of hydrogen-bond donors (Lipinski definition) is 1. The number of rotatable bonds is 7. The maximum Gasteiger partial charge on any atom is 0.338 e. The van der Waals surface area contributed by atoms with Crippen molar-refractivity contribution in [1.29, 1.82) is 0 Å². The molecule has 2 saturated carbocycles. The minimum absolute atomic E-state index is 0.132. The normalized spacial score (nSPS) is 24.3. The van der Waals surface area contributed by atoms with Gasteiger partial charge in [-0.15, -0.1) is 0 Å². The fourth-order valence-corrected chi connectivity index (χ4v) is 5.72. The average molecular weight is 479 g/mol. The topological polar surface area (TPSA) is 111 Å². The monoisotopic (exact) mass is 478 g/mol. The van der Waals surface area contributed by atoms with Gasteiger partial charge >= 0.3 is 5.97 Å². The molecule has 5 rings (SSSR count). The molecule has 3 fully saturated rings. The quantitative estimate of drug-likeness (QED) is 0.481. The van der Waals surface area contributed by atoms with Crippen LogP contribution in [0.5, 0.6) is 11.5 Å². The number of methoxy groups -OCH3 is 2. The number of nitrogens with one attached hydrogen (secondary N) is 1. The first-order valence-electron chi connectivity index (χ1n) is 11.6. The minimum atomic E-state index is -0.696. The first-order chi connectivity index (χ1) is 16.9. The van der Waals surface area contributed by atoms with Crippen LogP contribution >= 0.6 is 0 Å². The number of nitrogens with zero attached hydrogens (tertiary/aromatic N) is 1. The van der Waals surface area contributed by atoms with Gasteiger partial charge in [0.15, 0.2) is 6.61 Å². The summed E-state index contributed by atoms with van der Waals surface area (Å²) >= 11 is 0. The smallest absolute Gasteiger partial charge is 0.338 e. The van der Waals surface area contributed by atoms with Crippen LogP contribution in [0, 0.1) is 23.7 Å². The number of esters is 1. The first-order valence-corrected chi connectivity index (χ1v) is 11.6. The molecule has 1 aliphatic heterocycles.